The number of Topliss-reactive ketones (excluding diaryl/α,β-unsaturated/α-hetero) is 1. The van der Waals surface area contributed by atoms with Crippen LogP contribution in [0.1, 0.15) is 27.0 Å². The monoisotopic (exact) mass is 366 g/mol. The lowest BCUT2D eigenvalue weighted by Gasteiger charge is -2.21. The third-order valence-corrected chi connectivity index (χ3v) is 5.06. The van der Waals surface area contributed by atoms with Crippen molar-refractivity contribution in [2.75, 3.05) is 14.1 Å². The largest absolute Gasteiger partial charge is 0.345 e. The number of allylic oxidation sites excluding steroid dienone is 1. The highest BCUT2D eigenvalue weighted by atomic mass is 16.2. The summed E-state index contributed by atoms with van der Waals surface area (Å²) < 4.78 is 0. The molecule has 1 amide bonds. The first-order valence-corrected chi connectivity index (χ1v) is 9.01. The molecule has 0 unspecified atom stereocenters. The molecule has 136 valence electrons. The maximum absolute atomic E-state index is 12.6. The molecule has 0 aromatic heterocycles. The quantitative estimate of drug-likeness (QED) is 0.689. The van der Waals surface area contributed by atoms with Crippen LogP contribution in [0.4, 0.5) is 0 Å². The van der Waals surface area contributed by atoms with Gasteiger partial charge in [0.25, 0.3) is 5.91 Å². The van der Waals surface area contributed by atoms with Crippen molar-refractivity contribution in [1.29, 1.82) is 5.26 Å². The Balaban J connectivity index is 1.98. The second-order valence-corrected chi connectivity index (χ2v) is 7.10. The van der Waals surface area contributed by atoms with E-state index >= 15 is 0 Å². The fraction of sp³-hybridized carbons (Fsp3) is 0.125. The Kier molecular flexibility index (Phi) is 4.29. The van der Waals surface area contributed by atoms with E-state index in [4.69, 9.17) is 0 Å². The molecule has 3 aromatic rings. The predicted molar refractivity (Wildman–Crippen MR) is 109 cm³/mol. The van der Waals surface area contributed by atoms with Crippen molar-refractivity contribution in [3.05, 3.63) is 88.5 Å². The van der Waals surface area contributed by atoms with Crippen LogP contribution >= 0.6 is 0 Å². The van der Waals surface area contributed by atoms with Crippen LogP contribution in [0.25, 0.3) is 16.3 Å². The van der Waals surface area contributed by atoms with Crippen LogP contribution in [-0.4, -0.2) is 30.7 Å². The van der Waals surface area contributed by atoms with E-state index in [1.54, 1.807) is 26.2 Å². The van der Waals surface area contributed by atoms with Gasteiger partial charge in [0.2, 0.25) is 0 Å². The summed E-state index contributed by atoms with van der Waals surface area (Å²) in [7, 11) is 3.40. The van der Waals surface area contributed by atoms with Crippen molar-refractivity contribution < 1.29 is 9.59 Å². The number of fused-ring (bicyclic) bond motifs is 2. The summed E-state index contributed by atoms with van der Waals surface area (Å²) in [5.74, 6) is -0.305. The molecule has 0 bridgehead atoms. The molecule has 0 spiro atoms. The molecule has 3 aromatic carbocycles. The summed E-state index contributed by atoms with van der Waals surface area (Å²) >= 11 is 0. The van der Waals surface area contributed by atoms with E-state index in [0.29, 0.717) is 11.1 Å². The summed E-state index contributed by atoms with van der Waals surface area (Å²) in [6.45, 7) is 0. The molecule has 0 saturated heterocycles. The summed E-state index contributed by atoms with van der Waals surface area (Å²) in [6.07, 6.45) is 0.172. The lowest BCUT2D eigenvalue weighted by atomic mass is 9.80. The highest BCUT2D eigenvalue weighted by Gasteiger charge is 2.27. The number of nitrogens with zero attached hydrogens (tertiary/aromatic N) is 2. The van der Waals surface area contributed by atoms with Gasteiger partial charge in [-0.3, -0.25) is 9.59 Å². The van der Waals surface area contributed by atoms with E-state index in [0.717, 1.165) is 27.5 Å². The first-order chi connectivity index (χ1) is 13.5. The van der Waals surface area contributed by atoms with Crippen molar-refractivity contribution in [1.82, 2.24) is 4.90 Å². The van der Waals surface area contributed by atoms with Gasteiger partial charge in [-0.05, 0) is 45.7 Å². The zero-order valence-electron chi connectivity index (χ0n) is 15.7. The molecule has 1 aliphatic rings. The van der Waals surface area contributed by atoms with Crippen molar-refractivity contribution >= 4 is 28.0 Å². The number of ketones is 1. The van der Waals surface area contributed by atoms with Crippen LogP contribution in [0, 0.1) is 11.3 Å². The standard InChI is InChI=1S/C24H18N2O2/c1-26(2)24(28)19-10-8-17-13-22(27)21(14-25)23(20(17)12-19)18-9-7-15-5-3-4-6-16(15)11-18/h3-12H,13H2,1-2H3. The highest BCUT2D eigenvalue weighted by molar-refractivity contribution is 6.14. The molecule has 1 aliphatic carbocycles. The average molecular weight is 366 g/mol. The second-order valence-electron chi connectivity index (χ2n) is 7.10. The fourth-order valence-electron chi connectivity index (χ4n) is 3.65. The molecule has 4 heteroatoms. The van der Waals surface area contributed by atoms with Gasteiger partial charge in [-0.2, -0.15) is 5.26 Å². The number of rotatable bonds is 2. The SMILES string of the molecule is CN(C)C(=O)c1ccc2c(c1)C(c1ccc3ccccc3c1)=C(C#N)C(=O)C2. The Bertz CT molecular complexity index is 1210. The molecule has 0 atom stereocenters. The summed E-state index contributed by atoms with van der Waals surface area (Å²) in [6, 6.07) is 21.3. The molecular formula is C24H18N2O2. The molecule has 0 aliphatic heterocycles. The lowest BCUT2D eigenvalue weighted by Crippen LogP contribution is -2.23. The topological polar surface area (TPSA) is 61.2 Å². The maximum atomic E-state index is 12.6. The van der Waals surface area contributed by atoms with Gasteiger partial charge in [0.1, 0.15) is 11.6 Å². The molecule has 4 rings (SSSR count). The van der Waals surface area contributed by atoms with E-state index in [-0.39, 0.29) is 23.7 Å². The first-order valence-electron chi connectivity index (χ1n) is 9.01. The minimum Gasteiger partial charge on any atom is -0.345 e. The number of nitriles is 1. The minimum absolute atomic E-state index is 0.115. The van der Waals surface area contributed by atoms with E-state index in [2.05, 4.69) is 6.07 Å². The molecule has 0 saturated carbocycles. The van der Waals surface area contributed by atoms with Crippen LogP contribution in [0.5, 0.6) is 0 Å². The first kappa shape index (κ1) is 17.7. The molecule has 4 nitrogen and oxygen atoms in total. The number of carbonyl (C=O) groups is 2. The third kappa shape index (κ3) is 2.87. The Morgan fingerprint density at radius 1 is 1.00 bits per heavy atom. The molecule has 0 N–H and O–H groups in total. The van der Waals surface area contributed by atoms with Gasteiger partial charge in [0.05, 0.1) is 0 Å². The van der Waals surface area contributed by atoms with Crippen molar-refractivity contribution in [2.24, 2.45) is 0 Å². The fourth-order valence-corrected chi connectivity index (χ4v) is 3.65. The zero-order valence-corrected chi connectivity index (χ0v) is 15.7. The summed E-state index contributed by atoms with van der Waals surface area (Å²) in [4.78, 5) is 26.6. The lowest BCUT2D eigenvalue weighted by molar-refractivity contribution is -0.114. The van der Waals surface area contributed by atoms with Crippen LogP contribution in [0.2, 0.25) is 0 Å². The Morgan fingerprint density at radius 2 is 1.75 bits per heavy atom. The molecule has 28 heavy (non-hydrogen) atoms. The van der Waals surface area contributed by atoms with E-state index in [9.17, 15) is 14.9 Å². The molecular weight excluding hydrogens is 348 g/mol. The Hall–Kier alpha value is -3.71. The Labute approximate surface area is 163 Å². The average Bonchev–Trinajstić information content (AvgIpc) is 2.71. The normalized spacial score (nSPS) is 13.2. The number of amides is 1. The number of hydrogen-bond acceptors (Lipinski definition) is 3. The maximum Gasteiger partial charge on any atom is 0.253 e. The van der Waals surface area contributed by atoms with Crippen molar-refractivity contribution in [3.63, 3.8) is 0 Å². The molecule has 0 heterocycles. The zero-order chi connectivity index (χ0) is 19.8. The van der Waals surface area contributed by atoms with Gasteiger partial charge in [-0.25, -0.2) is 0 Å². The van der Waals surface area contributed by atoms with Gasteiger partial charge >= 0.3 is 0 Å². The second kappa shape index (κ2) is 6.79. The number of carbonyl (C=O) groups excluding carboxylic acids is 2. The predicted octanol–water partition coefficient (Wildman–Crippen LogP) is 3.99. The number of hydrogen-bond donors (Lipinski definition) is 0. The third-order valence-electron chi connectivity index (χ3n) is 5.06. The van der Waals surface area contributed by atoms with Gasteiger partial charge in [0.15, 0.2) is 5.78 Å². The summed E-state index contributed by atoms with van der Waals surface area (Å²) in [5, 5.41) is 11.8. The van der Waals surface area contributed by atoms with Crippen molar-refractivity contribution in [3.8, 4) is 6.07 Å². The van der Waals surface area contributed by atoms with Crippen LogP contribution in [-0.2, 0) is 11.2 Å². The van der Waals surface area contributed by atoms with E-state index in [1.165, 1.54) is 4.90 Å². The molecule has 0 fully saturated rings. The van der Waals surface area contributed by atoms with Crippen LogP contribution in [0.15, 0.2) is 66.2 Å². The molecule has 0 radical (unpaired) electrons. The van der Waals surface area contributed by atoms with E-state index < -0.39 is 0 Å². The van der Waals surface area contributed by atoms with Gasteiger partial charge in [-0.1, -0.05) is 42.5 Å². The van der Waals surface area contributed by atoms with Crippen LogP contribution in [0.3, 0.4) is 0 Å². The minimum atomic E-state index is -0.190. The Morgan fingerprint density at radius 3 is 2.46 bits per heavy atom. The van der Waals surface area contributed by atoms with Gasteiger partial charge in [0, 0.05) is 31.7 Å². The van der Waals surface area contributed by atoms with Gasteiger partial charge in [-0.15, -0.1) is 0 Å². The van der Waals surface area contributed by atoms with Crippen molar-refractivity contribution in [2.45, 2.75) is 6.42 Å². The highest BCUT2D eigenvalue weighted by Crippen LogP contribution is 2.36. The smallest absolute Gasteiger partial charge is 0.253 e. The summed E-state index contributed by atoms with van der Waals surface area (Å²) in [5.41, 5.74) is 3.71. The van der Waals surface area contributed by atoms with E-state index in [1.807, 2.05) is 48.5 Å². The van der Waals surface area contributed by atoms with Gasteiger partial charge < -0.3 is 4.90 Å². The van der Waals surface area contributed by atoms with Crippen LogP contribution < -0.4 is 0 Å². The number of benzene rings is 3.